The molecule has 0 aliphatic carbocycles. The van der Waals surface area contributed by atoms with Gasteiger partial charge in [-0.05, 0) is 0 Å². The van der Waals surface area contributed by atoms with Crippen molar-refractivity contribution in [2.75, 3.05) is 0 Å². The fourth-order valence-electron chi connectivity index (χ4n) is 0.854. The molecule has 0 unspecified atom stereocenters. The van der Waals surface area contributed by atoms with Crippen molar-refractivity contribution in [1.82, 2.24) is 0 Å². The van der Waals surface area contributed by atoms with Crippen LogP contribution in [0.3, 0.4) is 0 Å². The molecule has 0 amide bonds. The highest BCUT2D eigenvalue weighted by molar-refractivity contribution is 4.39. The summed E-state index contributed by atoms with van der Waals surface area (Å²) in [5, 5.41) is 0. The summed E-state index contributed by atoms with van der Waals surface area (Å²) in [6.07, 6.45) is 8.49. The van der Waals surface area contributed by atoms with Gasteiger partial charge in [0, 0.05) is 0 Å². The molecule has 0 rings (SSSR count). The maximum absolute atomic E-state index is 2.26. The lowest BCUT2D eigenvalue weighted by Crippen LogP contribution is -1.73. The molecular formula is C8H24F6. The summed E-state index contributed by atoms with van der Waals surface area (Å²) < 4.78 is 0. The van der Waals surface area contributed by atoms with E-state index in [4.69, 9.17) is 0 Å². The van der Waals surface area contributed by atoms with Crippen LogP contribution in [0.4, 0.5) is 28.2 Å². The Labute approximate surface area is 81.7 Å². The van der Waals surface area contributed by atoms with Crippen LogP contribution in [0.1, 0.15) is 52.4 Å². The number of hydrogen-bond donors (Lipinski definition) is 0. The average molecular weight is 234 g/mol. The third-order valence-electron chi connectivity index (χ3n) is 1.46. The van der Waals surface area contributed by atoms with Crippen molar-refractivity contribution in [3.63, 3.8) is 0 Å². The minimum Gasteiger partial charge on any atom is -0.269 e. The van der Waals surface area contributed by atoms with Crippen molar-refractivity contribution in [3.05, 3.63) is 0 Å². The molecular weight excluding hydrogens is 210 g/mol. The van der Waals surface area contributed by atoms with Crippen LogP contribution >= 0.6 is 0 Å². The SMILES string of the molecule is CCCCCCCC.F.F.F.F.F.F. The van der Waals surface area contributed by atoms with Crippen molar-refractivity contribution in [3.8, 4) is 0 Å². The third kappa shape index (κ3) is 61.8. The highest BCUT2D eigenvalue weighted by Gasteiger charge is 1.83. The summed E-state index contributed by atoms with van der Waals surface area (Å²) in [5.41, 5.74) is 0. The third-order valence-corrected chi connectivity index (χ3v) is 1.46. The highest BCUT2D eigenvalue weighted by atomic mass is 19.0. The van der Waals surface area contributed by atoms with Crippen molar-refractivity contribution in [2.45, 2.75) is 52.4 Å². The van der Waals surface area contributed by atoms with E-state index in [2.05, 4.69) is 13.8 Å². The fraction of sp³-hybridized carbons (Fsp3) is 1.00. The molecule has 0 spiro atoms. The van der Waals surface area contributed by atoms with Gasteiger partial charge in [-0.1, -0.05) is 52.4 Å². The summed E-state index contributed by atoms with van der Waals surface area (Å²) in [6.45, 7) is 4.51. The second-order valence-corrected chi connectivity index (χ2v) is 2.41. The normalized spacial score (nSPS) is 5.57. The smallest absolute Gasteiger partial charge is 0.0533 e. The van der Waals surface area contributed by atoms with Crippen molar-refractivity contribution in [1.29, 1.82) is 0 Å². The number of unbranched alkanes of at least 4 members (excludes halogenated alkanes) is 5. The molecule has 0 aromatic rings. The molecule has 0 aliphatic rings. The first-order valence-corrected chi connectivity index (χ1v) is 3.91. The van der Waals surface area contributed by atoms with Crippen LogP contribution in [0.15, 0.2) is 0 Å². The van der Waals surface area contributed by atoms with Crippen molar-refractivity contribution < 1.29 is 28.2 Å². The Morgan fingerprint density at radius 3 is 0.786 bits per heavy atom. The predicted octanol–water partition coefficient (Wildman–Crippen LogP) is 4.28. The van der Waals surface area contributed by atoms with Crippen molar-refractivity contribution >= 4 is 0 Å². The Balaban J connectivity index is -0.0000000163. The monoisotopic (exact) mass is 234 g/mol. The molecule has 0 saturated heterocycles. The molecule has 0 nitrogen and oxygen atoms in total. The van der Waals surface area contributed by atoms with Gasteiger partial charge in [-0.3, -0.25) is 28.2 Å². The van der Waals surface area contributed by atoms with Gasteiger partial charge in [0.25, 0.3) is 0 Å². The van der Waals surface area contributed by atoms with E-state index >= 15 is 0 Å². The molecule has 98 valence electrons. The van der Waals surface area contributed by atoms with Crippen LogP contribution in [-0.2, 0) is 0 Å². The van der Waals surface area contributed by atoms with Gasteiger partial charge in [0.05, 0.1) is 0 Å². The predicted molar refractivity (Wildman–Crippen MR) is 54.1 cm³/mol. The molecule has 0 N–H and O–H groups in total. The zero-order chi connectivity index (χ0) is 6.24. The Bertz CT molecular complexity index is 38.8. The Kier molecular flexibility index (Phi) is 192. The first-order valence-electron chi connectivity index (χ1n) is 3.91. The number of hydrogen-bond acceptors (Lipinski definition) is 0. The maximum atomic E-state index is 2.26. The average Bonchev–Trinajstić information content (AvgIpc) is 1.81. The lowest BCUT2D eigenvalue weighted by molar-refractivity contribution is 0.624. The molecule has 0 atom stereocenters. The first kappa shape index (κ1) is 49.6. The molecule has 0 aliphatic heterocycles. The van der Waals surface area contributed by atoms with E-state index in [-0.39, 0.29) is 28.2 Å². The Hall–Kier alpha value is -0.420. The van der Waals surface area contributed by atoms with Gasteiger partial charge in [0.2, 0.25) is 0 Å². The second kappa shape index (κ2) is 54.2. The topological polar surface area (TPSA) is 0 Å². The number of rotatable bonds is 5. The van der Waals surface area contributed by atoms with Gasteiger partial charge in [0.15, 0.2) is 0 Å². The van der Waals surface area contributed by atoms with Gasteiger partial charge < -0.3 is 0 Å². The van der Waals surface area contributed by atoms with E-state index in [1.54, 1.807) is 0 Å². The molecule has 0 aromatic carbocycles. The Morgan fingerprint density at radius 2 is 0.643 bits per heavy atom. The zero-order valence-corrected chi connectivity index (χ0v) is 8.69. The molecule has 0 radical (unpaired) electrons. The summed E-state index contributed by atoms with van der Waals surface area (Å²) >= 11 is 0. The van der Waals surface area contributed by atoms with Crippen LogP contribution in [0, 0.1) is 0 Å². The van der Waals surface area contributed by atoms with Crippen LogP contribution in [0.5, 0.6) is 0 Å². The van der Waals surface area contributed by atoms with Gasteiger partial charge in [-0.25, -0.2) is 0 Å². The molecule has 0 aromatic heterocycles. The minimum absolute atomic E-state index is 0. The second-order valence-electron chi connectivity index (χ2n) is 2.41. The molecule has 0 saturated carbocycles. The highest BCUT2D eigenvalue weighted by Crippen LogP contribution is 2.03. The lowest BCUT2D eigenvalue weighted by atomic mass is 10.1. The van der Waals surface area contributed by atoms with Crippen molar-refractivity contribution in [2.24, 2.45) is 0 Å². The quantitative estimate of drug-likeness (QED) is 0.492. The van der Waals surface area contributed by atoms with Crippen LogP contribution in [-0.4, -0.2) is 0 Å². The van der Waals surface area contributed by atoms with Gasteiger partial charge in [-0.15, -0.1) is 0 Å². The van der Waals surface area contributed by atoms with E-state index in [1.165, 1.54) is 38.5 Å². The Morgan fingerprint density at radius 1 is 0.429 bits per heavy atom. The zero-order valence-electron chi connectivity index (χ0n) is 8.69. The largest absolute Gasteiger partial charge is 0.269 e. The van der Waals surface area contributed by atoms with E-state index in [9.17, 15) is 0 Å². The van der Waals surface area contributed by atoms with Gasteiger partial charge in [-0.2, -0.15) is 0 Å². The minimum atomic E-state index is 0. The van der Waals surface area contributed by atoms with Crippen LogP contribution < -0.4 is 0 Å². The summed E-state index contributed by atoms with van der Waals surface area (Å²) in [4.78, 5) is 0. The fourth-order valence-corrected chi connectivity index (χ4v) is 0.854. The van der Waals surface area contributed by atoms with E-state index in [0.29, 0.717) is 0 Å². The van der Waals surface area contributed by atoms with E-state index < -0.39 is 0 Å². The molecule has 0 bridgehead atoms. The summed E-state index contributed by atoms with van der Waals surface area (Å²) in [5.74, 6) is 0. The van der Waals surface area contributed by atoms with E-state index in [0.717, 1.165) is 0 Å². The summed E-state index contributed by atoms with van der Waals surface area (Å²) in [6, 6.07) is 0. The molecule has 0 heterocycles. The molecule has 14 heavy (non-hydrogen) atoms. The summed E-state index contributed by atoms with van der Waals surface area (Å²) in [7, 11) is 0. The molecule has 0 fully saturated rings. The van der Waals surface area contributed by atoms with Gasteiger partial charge in [0.1, 0.15) is 0 Å². The van der Waals surface area contributed by atoms with Gasteiger partial charge >= 0.3 is 0 Å². The lowest BCUT2D eigenvalue weighted by Gasteiger charge is -1.93. The van der Waals surface area contributed by atoms with Crippen LogP contribution in [0.2, 0.25) is 0 Å². The maximum Gasteiger partial charge on any atom is -0.0533 e. The first-order chi connectivity index (χ1) is 3.91. The standard InChI is InChI=1S/C8H18.6FH/c1-3-5-7-8-6-4-2;;;;;;/h3-8H2,1-2H3;6*1H. The van der Waals surface area contributed by atoms with E-state index in [1.807, 2.05) is 0 Å². The van der Waals surface area contributed by atoms with Crippen LogP contribution in [0.25, 0.3) is 0 Å². The number of halogens is 6. The molecule has 6 heteroatoms.